The number of hydrogen-bond donors (Lipinski definition) is 3. The van der Waals surface area contributed by atoms with Crippen molar-refractivity contribution < 1.29 is 48.2 Å². The highest BCUT2D eigenvalue weighted by Crippen LogP contribution is 2.26. The molecule has 2 heterocycles. The number of carbonyl (C=O) groups excluding carboxylic acids is 1. The van der Waals surface area contributed by atoms with Crippen molar-refractivity contribution in [2.75, 3.05) is 55.7 Å². The Balaban J connectivity index is 0.000000210. The molecular formula is C40H47NO11. The standard InChI is InChI=1S/C16H12O4.C15H14O4.C5H13NO2.C4H8O/c1-19-12-6-7-13-15(8-12)20-9-14(16(13)18)10-2-4-11(17)5-3-10;1-19-12-6-7-13(15(18)9-12)14(17)8-10-2-4-11(16)5-3-10;1-6(2)5(7-3)8-4;1-2-4-5-3-1/h2-9,17H,1H3;2-7,9,16,18H,8H2,1H3;5H,1-4H3;1-4H2. The number of carbonyl (C=O) groups is 1. The SMILES string of the molecule is C1CCOC1.COC(OC)N(C)C.COc1ccc(C(=O)Cc2ccc(O)cc2)c(O)c1.COc1ccc2c(=O)c(-c3ccc(O)cc3)coc2c1. The van der Waals surface area contributed by atoms with Gasteiger partial charge >= 0.3 is 0 Å². The normalized spacial score (nSPS) is 11.8. The first-order valence-electron chi connectivity index (χ1n) is 16.4. The largest absolute Gasteiger partial charge is 0.508 e. The van der Waals surface area contributed by atoms with Crippen molar-refractivity contribution in [3.8, 4) is 39.9 Å². The van der Waals surface area contributed by atoms with Gasteiger partial charge in [0.05, 0.1) is 30.7 Å². The lowest BCUT2D eigenvalue weighted by atomic mass is 10.0. The molecule has 6 rings (SSSR count). The Morgan fingerprint density at radius 3 is 1.81 bits per heavy atom. The van der Waals surface area contributed by atoms with E-state index in [1.165, 1.54) is 62.6 Å². The van der Waals surface area contributed by atoms with Crippen LogP contribution in [-0.4, -0.2) is 88.2 Å². The predicted molar refractivity (Wildman–Crippen MR) is 198 cm³/mol. The lowest BCUT2D eigenvalue weighted by Gasteiger charge is -2.19. The quantitative estimate of drug-likeness (QED) is 0.111. The number of hydrogen-bond acceptors (Lipinski definition) is 12. The predicted octanol–water partition coefficient (Wildman–Crippen LogP) is 6.63. The second-order valence-corrected chi connectivity index (χ2v) is 11.6. The number of fused-ring (bicyclic) bond motifs is 1. The molecular weight excluding hydrogens is 670 g/mol. The fourth-order valence-corrected chi connectivity index (χ4v) is 4.87. The van der Waals surface area contributed by atoms with E-state index in [1.807, 2.05) is 19.0 Å². The fraction of sp³-hybridized carbons (Fsp3) is 0.300. The van der Waals surface area contributed by atoms with E-state index < -0.39 is 0 Å². The topological polar surface area (TPSA) is 157 Å². The number of nitrogens with zero attached hydrogens (tertiary/aromatic N) is 1. The summed E-state index contributed by atoms with van der Waals surface area (Å²) in [6.45, 7) is 2.00. The Kier molecular flexibility index (Phi) is 16.6. The van der Waals surface area contributed by atoms with Crippen LogP contribution < -0.4 is 14.9 Å². The zero-order valence-corrected chi connectivity index (χ0v) is 30.3. The van der Waals surface area contributed by atoms with E-state index >= 15 is 0 Å². The molecule has 0 amide bonds. The Morgan fingerprint density at radius 1 is 0.769 bits per heavy atom. The molecule has 0 unspecified atom stereocenters. The van der Waals surface area contributed by atoms with Crippen LogP contribution in [0.4, 0.5) is 0 Å². The van der Waals surface area contributed by atoms with Gasteiger partial charge < -0.3 is 43.4 Å². The van der Waals surface area contributed by atoms with Gasteiger partial charge in [-0.3, -0.25) is 14.5 Å². The van der Waals surface area contributed by atoms with E-state index in [9.17, 15) is 24.9 Å². The van der Waals surface area contributed by atoms with Crippen molar-refractivity contribution in [3.05, 3.63) is 113 Å². The van der Waals surface area contributed by atoms with Crippen LogP contribution >= 0.6 is 0 Å². The molecule has 12 heteroatoms. The molecule has 1 aliphatic rings. The number of methoxy groups -OCH3 is 4. The minimum Gasteiger partial charge on any atom is -0.508 e. The summed E-state index contributed by atoms with van der Waals surface area (Å²) >= 11 is 0. The molecule has 0 aliphatic carbocycles. The average molecular weight is 718 g/mol. The van der Waals surface area contributed by atoms with Crippen LogP contribution in [0.15, 0.2) is 100 Å². The highest BCUT2D eigenvalue weighted by atomic mass is 16.7. The van der Waals surface area contributed by atoms with E-state index in [-0.39, 0.29) is 46.9 Å². The summed E-state index contributed by atoms with van der Waals surface area (Å²) in [4.78, 5) is 26.3. The van der Waals surface area contributed by atoms with E-state index in [0.29, 0.717) is 33.6 Å². The van der Waals surface area contributed by atoms with Gasteiger partial charge in [-0.2, -0.15) is 0 Å². The third-order valence-electron chi connectivity index (χ3n) is 7.62. The van der Waals surface area contributed by atoms with Crippen molar-refractivity contribution in [2.24, 2.45) is 0 Å². The van der Waals surface area contributed by atoms with Gasteiger partial charge in [0, 0.05) is 46.0 Å². The Hall–Kier alpha value is -5.40. The number of ether oxygens (including phenoxy) is 5. The number of benzene rings is 4. The summed E-state index contributed by atoms with van der Waals surface area (Å²) in [6, 6.07) is 22.5. The van der Waals surface area contributed by atoms with Crippen LogP contribution in [0.2, 0.25) is 0 Å². The van der Waals surface area contributed by atoms with E-state index in [2.05, 4.69) is 0 Å². The van der Waals surface area contributed by atoms with E-state index in [1.54, 1.807) is 69.9 Å². The van der Waals surface area contributed by atoms with Crippen molar-refractivity contribution >= 4 is 16.8 Å². The average Bonchev–Trinajstić information content (AvgIpc) is 3.75. The van der Waals surface area contributed by atoms with Crippen molar-refractivity contribution in [2.45, 2.75) is 25.7 Å². The molecule has 1 saturated heterocycles. The maximum absolute atomic E-state index is 12.5. The van der Waals surface area contributed by atoms with Crippen molar-refractivity contribution in [3.63, 3.8) is 0 Å². The summed E-state index contributed by atoms with van der Waals surface area (Å²) in [6.07, 6.45) is 3.94. The first-order valence-corrected chi connectivity index (χ1v) is 16.4. The maximum Gasteiger partial charge on any atom is 0.217 e. The molecule has 0 bridgehead atoms. The second-order valence-electron chi connectivity index (χ2n) is 11.6. The zero-order chi connectivity index (χ0) is 38.0. The van der Waals surface area contributed by atoms with Crippen molar-refractivity contribution in [1.29, 1.82) is 0 Å². The summed E-state index contributed by atoms with van der Waals surface area (Å²) in [7, 11) is 10.0. The maximum atomic E-state index is 12.5. The number of phenols is 3. The molecule has 0 spiro atoms. The van der Waals surface area contributed by atoms with Crippen LogP contribution in [0.5, 0.6) is 28.7 Å². The van der Waals surface area contributed by atoms with E-state index in [0.717, 1.165) is 18.8 Å². The van der Waals surface area contributed by atoms with Gasteiger partial charge in [0.25, 0.3) is 0 Å². The number of phenolic OH excluding ortho intramolecular Hbond substituents is 3. The molecule has 3 N–H and O–H groups in total. The molecule has 278 valence electrons. The molecule has 0 radical (unpaired) electrons. The first-order chi connectivity index (χ1) is 25.0. The van der Waals surface area contributed by atoms with Gasteiger partial charge in [0.2, 0.25) is 6.41 Å². The number of rotatable bonds is 9. The number of aromatic hydroxyl groups is 3. The molecule has 0 saturated carbocycles. The number of ketones is 1. The van der Waals surface area contributed by atoms with Gasteiger partial charge in [0.1, 0.15) is 40.6 Å². The highest BCUT2D eigenvalue weighted by Gasteiger charge is 2.13. The smallest absolute Gasteiger partial charge is 0.217 e. The summed E-state index contributed by atoms with van der Waals surface area (Å²) in [5.74, 6) is 1.16. The molecule has 1 aromatic heterocycles. The second kappa shape index (κ2) is 21.1. The summed E-state index contributed by atoms with van der Waals surface area (Å²) in [5.41, 5.74) is 2.57. The lowest BCUT2D eigenvalue weighted by molar-refractivity contribution is -0.179. The molecule has 5 aromatic rings. The molecule has 0 atom stereocenters. The Bertz CT molecular complexity index is 1870. The monoisotopic (exact) mass is 717 g/mol. The lowest BCUT2D eigenvalue weighted by Crippen LogP contribution is -2.30. The minimum absolute atomic E-state index is 0.0943. The molecule has 52 heavy (non-hydrogen) atoms. The van der Waals surface area contributed by atoms with Gasteiger partial charge in [0.15, 0.2) is 11.2 Å². The zero-order valence-electron chi connectivity index (χ0n) is 30.3. The van der Waals surface area contributed by atoms with Crippen LogP contribution in [0.25, 0.3) is 22.1 Å². The fourth-order valence-electron chi connectivity index (χ4n) is 4.87. The molecule has 1 fully saturated rings. The number of Topliss-reactive ketones (excluding diaryl/α,β-unsaturated/α-hetero) is 1. The highest BCUT2D eigenvalue weighted by molar-refractivity contribution is 6.00. The van der Waals surface area contributed by atoms with Crippen LogP contribution in [0.1, 0.15) is 28.8 Å². The van der Waals surface area contributed by atoms with E-state index in [4.69, 9.17) is 28.1 Å². The van der Waals surface area contributed by atoms with Crippen molar-refractivity contribution in [1.82, 2.24) is 4.90 Å². The van der Waals surface area contributed by atoms with Gasteiger partial charge in [-0.1, -0.05) is 24.3 Å². The summed E-state index contributed by atoms with van der Waals surface area (Å²) < 4.78 is 30.2. The van der Waals surface area contributed by atoms with Crippen LogP contribution in [0, 0.1) is 0 Å². The van der Waals surface area contributed by atoms with Gasteiger partial charge in [-0.15, -0.1) is 0 Å². The third-order valence-corrected chi connectivity index (χ3v) is 7.62. The van der Waals surface area contributed by atoms with Crippen LogP contribution in [-0.2, 0) is 20.6 Å². The third kappa shape index (κ3) is 12.4. The molecule has 12 nitrogen and oxygen atoms in total. The summed E-state index contributed by atoms with van der Waals surface area (Å²) in [5, 5.41) is 28.7. The Labute approximate surface area is 303 Å². The molecule has 1 aliphatic heterocycles. The Morgan fingerprint density at radius 2 is 1.33 bits per heavy atom. The van der Waals surface area contributed by atoms with Gasteiger partial charge in [-0.25, -0.2) is 0 Å². The van der Waals surface area contributed by atoms with Gasteiger partial charge in [-0.05, 0) is 86.6 Å². The molecule has 4 aromatic carbocycles. The first kappa shape index (κ1) is 41.0. The minimum atomic E-state index is -0.213. The van der Waals surface area contributed by atoms with Crippen LogP contribution in [0.3, 0.4) is 0 Å².